The van der Waals surface area contributed by atoms with E-state index in [4.69, 9.17) is 0 Å². The van der Waals surface area contributed by atoms with E-state index < -0.39 is 0 Å². The van der Waals surface area contributed by atoms with Crippen molar-refractivity contribution in [2.45, 2.75) is 44.9 Å². The van der Waals surface area contributed by atoms with Crippen LogP contribution in [0, 0.1) is 0 Å². The van der Waals surface area contributed by atoms with Crippen LogP contribution in [0.2, 0.25) is 0 Å². The molecule has 1 N–H and O–H groups in total. The number of likely N-dealkylation sites (N-methyl/N-ethyl adjacent to an activating group) is 1. The summed E-state index contributed by atoms with van der Waals surface area (Å²) in [5.41, 5.74) is 0. The Morgan fingerprint density at radius 2 is 1.79 bits per heavy atom. The van der Waals surface area contributed by atoms with Crippen molar-refractivity contribution in [2.24, 2.45) is 0 Å². The quantitative estimate of drug-likeness (QED) is 0.668. The van der Waals surface area contributed by atoms with Gasteiger partial charge in [0, 0.05) is 31.7 Å². The van der Waals surface area contributed by atoms with Crippen molar-refractivity contribution in [1.82, 2.24) is 15.1 Å². The molecular formula is C11H23N3. The van der Waals surface area contributed by atoms with Gasteiger partial charge < -0.3 is 5.32 Å². The van der Waals surface area contributed by atoms with Gasteiger partial charge in [-0.2, -0.15) is 0 Å². The summed E-state index contributed by atoms with van der Waals surface area (Å²) in [4.78, 5) is 5.18. The molecule has 2 aliphatic heterocycles. The summed E-state index contributed by atoms with van der Waals surface area (Å²) in [5, 5.41) is 3.50. The summed E-state index contributed by atoms with van der Waals surface area (Å²) in [6, 6.07) is 1.52. The average Bonchev–Trinajstić information content (AvgIpc) is 2.48. The van der Waals surface area contributed by atoms with Crippen LogP contribution in [-0.4, -0.2) is 54.7 Å². The van der Waals surface area contributed by atoms with Gasteiger partial charge in [0.05, 0.1) is 6.17 Å². The van der Waals surface area contributed by atoms with E-state index in [1.165, 1.54) is 19.4 Å². The fraction of sp³-hybridized carbons (Fsp3) is 1.00. The van der Waals surface area contributed by atoms with Gasteiger partial charge in [0.15, 0.2) is 0 Å². The van der Waals surface area contributed by atoms with E-state index in [0.29, 0.717) is 6.17 Å². The minimum absolute atomic E-state index is 0.622. The molecule has 3 heteroatoms. The second-order valence-electron chi connectivity index (χ2n) is 4.89. The zero-order valence-electron chi connectivity index (χ0n) is 9.66. The van der Waals surface area contributed by atoms with Crippen LogP contribution in [0.5, 0.6) is 0 Å². The van der Waals surface area contributed by atoms with E-state index in [0.717, 1.165) is 25.2 Å². The third-order valence-electron chi connectivity index (χ3n) is 3.84. The molecule has 0 saturated carbocycles. The zero-order chi connectivity index (χ0) is 10.1. The summed E-state index contributed by atoms with van der Waals surface area (Å²) in [6.07, 6.45) is 3.35. The highest BCUT2D eigenvalue weighted by atomic mass is 15.4. The van der Waals surface area contributed by atoms with Crippen molar-refractivity contribution in [3.05, 3.63) is 0 Å². The van der Waals surface area contributed by atoms with Crippen LogP contribution >= 0.6 is 0 Å². The van der Waals surface area contributed by atoms with Gasteiger partial charge in [-0.25, -0.2) is 0 Å². The largest absolute Gasteiger partial charge is 0.313 e. The highest BCUT2D eigenvalue weighted by Crippen LogP contribution is 2.27. The Balaban J connectivity index is 2.04. The summed E-state index contributed by atoms with van der Waals surface area (Å²) < 4.78 is 0. The molecule has 0 aromatic rings. The topological polar surface area (TPSA) is 18.5 Å². The number of rotatable bonds is 1. The lowest BCUT2D eigenvalue weighted by molar-refractivity contribution is 0.0158. The monoisotopic (exact) mass is 197 g/mol. The Morgan fingerprint density at radius 3 is 2.36 bits per heavy atom. The van der Waals surface area contributed by atoms with Crippen LogP contribution in [0.3, 0.4) is 0 Å². The van der Waals surface area contributed by atoms with Crippen LogP contribution in [0.25, 0.3) is 0 Å². The summed E-state index contributed by atoms with van der Waals surface area (Å²) >= 11 is 0. The zero-order valence-corrected chi connectivity index (χ0v) is 9.66. The maximum absolute atomic E-state index is 3.50. The molecule has 2 aliphatic rings. The highest BCUT2D eigenvalue weighted by molar-refractivity contribution is 4.89. The van der Waals surface area contributed by atoms with Crippen molar-refractivity contribution >= 4 is 0 Å². The third kappa shape index (κ3) is 1.81. The molecule has 0 radical (unpaired) electrons. The maximum Gasteiger partial charge on any atom is 0.0753 e. The molecule has 0 aromatic heterocycles. The molecule has 0 bridgehead atoms. The van der Waals surface area contributed by atoms with Crippen LogP contribution in [0.15, 0.2) is 0 Å². The molecule has 2 rings (SSSR count). The first-order valence-electron chi connectivity index (χ1n) is 5.88. The molecule has 0 spiro atoms. The van der Waals surface area contributed by atoms with Gasteiger partial charge in [-0.3, -0.25) is 9.80 Å². The SMILES string of the molecule is CC1CCC(C)N1C1CNCCN1C. The number of likely N-dealkylation sites (tertiary alicyclic amines) is 1. The Bertz CT molecular complexity index is 185. The fourth-order valence-electron chi connectivity index (χ4n) is 2.93. The molecule has 3 atom stereocenters. The Labute approximate surface area is 87.4 Å². The van der Waals surface area contributed by atoms with Crippen LogP contribution < -0.4 is 5.32 Å². The van der Waals surface area contributed by atoms with Crippen molar-refractivity contribution in [1.29, 1.82) is 0 Å². The van der Waals surface area contributed by atoms with Gasteiger partial charge in [-0.05, 0) is 33.7 Å². The molecule has 82 valence electrons. The van der Waals surface area contributed by atoms with Crippen molar-refractivity contribution in [3.8, 4) is 0 Å². The van der Waals surface area contributed by atoms with Gasteiger partial charge in [0.2, 0.25) is 0 Å². The van der Waals surface area contributed by atoms with Crippen LogP contribution in [0.1, 0.15) is 26.7 Å². The summed E-state index contributed by atoms with van der Waals surface area (Å²) in [5.74, 6) is 0. The van der Waals surface area contributed by atoms with E-state index in [9.17, 15) is 0 Å². The van der Waals surface area contributed by atoms with Gasteiger partial charge in [-0.15, -0.1) is 0 Å². The average molecular weight is 197 g/mol. The lowest BCUT2D eigenvalue weighted by atomic mass is 10.2. The van der Waals surface area contributed by atoms with Crippen molar-refractivity contribution in [3.63, 3.8) is 0 Å². The highest BCUT2D eigenvalue weighted by Gasteiger charge is 2.35. The first kappa shape index (κ1) is 10.4. The standard InChI is InChI=1S/C11H23N3/c1-9-4-5-10(2)14(9)11-8-12-6-7-13(11)3/h9-12H,4-8H2,1-3H3. The lowest BCUT2D eigenvalue weighted by Crippen LogP contribution is -2.59. The molecule has 2 saturated heterocycles. The minimum atomic E-state index is 0.622. The number of hydrogen-bond acceptors (Lipinski definition) is 3. The second kappa shape index (κ2) is 4.17. The van der Waals surface area contributed by atoms with Gasteiger partial charge in [0.1, 0.15) is 0 Å². The van der Waals surface area contributed by atoms with Crippen LogP contribution in [-0.2, 0) is 0 Å². The normalized spacial score (nSPS) is 41.8. The molecule has 3 unspecified atom stereocenters. The summed E-state index contributed by atoms with van der Waals surface area (Å²) in [7, 11) is 2.25. The predicted octanol–water partition coefficient (Wildman–Crippen LogP) is 0.720. The minimum Gasteiger partial charge on any atom is -0.313 e. The molecular weight excluding hydrogens is 174 g/mol. The molecule has 2 fully saturated rings. The summed E-state index contributed by atoms with van der Waals surface area (Å²) in [6.45, 7) is 8.19. The molecule has 0 amide bonds. The Kier molecular flexibility index (Phi) is 3.10. The van der Waals surface area contributed by atoms with E-state index >= 15 is 0 Å². The molecule has 2 heterocycles. The first-order valence-corrected chi connectivity index (χ1v) is 5.88. The Hall–Kier alpha value is -0.120. The van der Waals surface area contributed by atoms with E-state index in [1.807, 2.05) is 0 Å². The molecule has 0 aliphatic carbocycles. The lowest BCUT2D eigenvalue weighted by Gasteiger charge is -2.43. The van der Waals surface area contributed by atoms with Gasteiger partial charge in [0.25, 0.3) is 0 Å². The van der Waals surface area contributed by atoms with E-state index in [1.54, 1.807) is 0 Å². The molecule has 14 heavy (non-hydrogen) atoms. The number of nitrogens with zero attached hydrogens (tertiary/aromatic N) is 2. The van der Waals surface area contributed by atoms with Crippen molar-refractivity contribution < 1.29 is 0 Å². The molecule has 3 nitrogen and oxygen atoms in total. The number of hydrogen-bond donors (Lipinski definition) is 1. The molecule has 0 aromatic carbocycles. The fourth-order valence-corrected chi connectivity index (χ4v) is 2.93. The van der Waals surface area contributed by atoms with E-state index in [2.05, 4.69) is 36.0 Å². The smallest absolute Gasteiger partial charge is 0.0753 e. The predicted molar refractivity (Wildman–Crippen MR) is 59.3 cm³/mol. The van der Waals surface area contributed by atoms with Gasteiger partial charge >= 0.3 is 0 Å². The maximum atomic E-state index is 3.50. The number of piperazine rings is 1. The van der Waals surface area contributed by atoms with Gasteiger partial charge in [-0.1, -0.05) is 0 Å². The first-order chi connectivity index (χ1) is 6.70. The second-order valence-corrected chi connectivity index (χ2v) is 4.89. The Morgan fingerprint density at radius 1 is 1.14 bits per heavy atom. The third-order valence-corrected chi connectivity index (χ3v) is 3.84. The van der Waals surface area contributed by atoms with Crippen LogP contribution in [0.4, 0.5) is 0 Å². The van der Waals surface area contributed by atoms with E-state index in [-0.39, 0.29) is 0 Å². The van der Waals surface area contributed by atoms with Crippen molar-refractivity contribution in [2.75, 3.05) is 26.7 Å². The number of nitrogens with one attached hydrogen (secondary N) is 1.